The van der Waals surface area contributed by atoms with Gasteiger partial charge in [-0.3, -0.25) is 0 Å². The smallest absolute Gasteiger partial charge is 0.191 e. The lowest BCUT2D eigenvalue weighted by Crippen LogP contribution is -2.37. The number of benzene rings is 1. The highest BCUT2D eigenvalue weighted by Crippen LogP contribution is 2.18. The van der Waals surface area contributed by atoms with Gasteiger partial charge >= 0.3 is 0 Å². The number of aliphatic imine (C=N–C) groups is 1. The van der Waals surface area contributed by atoms with E-state index < -0.39 is 0 Å². The molecular weight excluding hydrogens is 525 g/mol. The summed E-state index contributed by atoms with van der Waals surface area (Å²) in [5, 5.41) is 11.5. The minimum atomic E-state index is 0. The Bertz CT molecular complexity index is 1050. The second-order valence-electron chi connectivity index (χ2n) is 8.24. The number of aromatic nitrogens is 3. The molecule has 176 valence electrons. The van der Waals surface area contributed by atoms with Crippen LogP contribution in [0.15, 0.2) is 53.7 Å². The van der Waals surface area contributed by atoms with Crippen LogP contribution in [0.5, 0.6) is 0 Å². The largest absolute Gasteiger partial charge is 0.357 e. The van der Waals surface area contributed by atoms with E-state index in [0.29, 0.717) is 13.1 Å². The first kappa shape index (κ1) is 25.0. The number of para-hydroxylation sites is 1. The van der Waals surface area contributed by atoms with Crippen LogP contribution in [-0.2, 0) is 13.1 Å². The summed E-state index contributed by atoms with van der Waals surface area (Å²) >= 11 is 0. The van der Waals surface area contributed by atoms with Crippen LogP contribution in [0, 0.1) is 13.8 Å². The lowest BCUT2D eigenvalue weighted by atomic mass is 10.1. The number of rotatable bonds is 7. The van der Waals surface area contributed by atoms with Crippen molar-refractivity contribution in [3.05, 3.63) is 71.2 Å². The molecule has 0 atom stereocenters. The van der Waals surface area contributed by atoms with Gasteiger partial charge in [-0.15, -0.1) is 24.0 Å². The molecule has 7 nitrogen and oxygen atoms in total. The molecule has 1 aliphatic rings. The molecule has 3 aromatic rings. The molecule has 0 spiro atoms. The molecule has 0 bridgehead atoms. The summed E-state index contributed by atoms with van der Waals surface area (Å²) in [5.41, 5.74) is 5.50. The van der Waals surface area contributed by atoms with Crippen LogP contribution in [0.1, 0.15) is 42.3 Å². The SMILES string of the molecule is CCNC(=NCc1ccc(N2CCCC2)nc1)NCc1ccccc1-n1nc(C)cc1C.I. The molecule has 4 rings (SSSR count). The standard InChI is InChI=1S/C25H33N7.HI/c1-4-26-25(28-17-21-11-12-24(27-16-21)31-13-7-8-14-31)29-18-22-9-5-6-10-23(22)32-20(3)15-19(2)30-32;/h5-6,9-12,15-16H,4,7-8,13-14,17-18H2,1-3H3,(H2,26,28,29);1H. The van der Waals surface area contributed by atoms with E-state index in [4.69, 9.17) is 4.99 Å². The van der Waals surface area contributed by atoms with Crippen LogP contribution in [0.3, 0.4) is 0 Å². The third-order valence-corrected chi connectivity index (χ3v) is 5.68. The van der Waals surface area contributed by atoms with E-state index in [9.17, 15) is 0 Å². The van der Waals surface area contributed by atoms with Crippen molar-refractivity contribution in [2.45, 2.75) is 46.7 Å². The van der Waals surface area contributed by atoms with Gasteiger partial charge in [0.1, 0.15) is 5.82 Å². The van der Waals surface area contributed by atoms with E-state index >= 15 is 0 Å². The highest BCUT2D eigenvalue weighted by molar-refractivity contribution is 14.0. The Morgan fingerprint density at radius 3 is 2.52 bits per heavy atom. The summed E-state index contributed by atoms with van der Waals surface area (Å²) in [6, 6.07) is 14.7. The third kappa shape index (κ3) is 6.46. The summed E-state index contributed by atoms with van der Waals surface area (Å²) in [6.45, 7) is 10.4. The predicted octanol–water partition coefficient (Wildman–Crippen LogP) is 4.36. The molecule has 2 N–H and O–H groups in total. The number of hydrogen-bond acceptors (Lipinski definition) is 4. The van der Waals surface area contributed by atoms with Gasteiger partial charge in [-0.25, -0.2) is 14.7 Å². The van der Waals surface area contributed by atoms with Gasteiger partial charge < -0.3 is 15.5 Å². The van der Waals surface area contributed by atoms with Gasteiger partial charge in [0.25, 0.3) is 0 Å². The Kier molecular flexibility index (Phi) is 9.11. The van der Waals surface area contributed by atoms with E-state index in [-0.39, 0.29) is 24.0 Å². The van der Waals surface area contributed by atoms with Crippen molar-refractivity contribution in [1.29, 1.82) is 0 Å². The van der Waals surface area contributed by atoms with Gasteiger partial charge in [-0.2, -0.15) is 5.10 Å². The van der Waals surface area contributed by atoms with Crippen LogP contribution >= 0.6 is 24.0 Å². The molecule has 0 saturated carbocycles. The molecule has 0 amide bonds. The Morgan fingerprint density at radius 1 is 1.06 bits per heavy atom. The van der Waals surface area contributed by atoms with E-state index in [1.807, 2.05) is 23.9 Å². The summed E-state index contributed by atoms with van der Waals surface area (Å²) in [7, 11) is 0. The van der Waals surface area contributed by atoms with Gasteiger partial charge in [-0.1, -0.05) is 24.3 Å². The number of pyridine rings is 1. The van der Waals surface area contributed by atoms with E-state index in [1.54, 1.807) is 0 Å². The van der Waals surface area contributed by atoms with Gasteiger partial charge in [0, 0.05) is 38.1 Å². The number of guanidine groups is 1. The van der Waals surface area contributed by atoms with Crippen molar-refractivity contribution in [3.8, 4) is 5.69 Å². The summed E-state index contributed by atoms with van der Waals surface area (Å²) < 4.78 is 2.00. The molecule has 1 aromatic carbocycles. The minimum Gasteiger partial charge on any atom is -0.357 e. The fraction of sp³-hybridized carbons (Fsp3) is 0.400. The molecule has 1 saturated heterocycles. The highest BCUT2D eigenvalue weighted by Gasteiger charge is 2.13. The first-order valence-electron chi connectivity index (χ1n) is 11.5. The molecular formula is C25H34IN7. The molecule has 8 heteroatoms. The first-order chi connectivity index (χ1) is 15.6. The van der Waals surface area contributed by atoms with Gasteiger partial charge in [0.2, 0.25) is 0 Å². The summed E-state index contributed by atoms with van der Waals surface area (Å²) in [6.07, 6.45) is 4.46. The number of anilines is 1. The van der Waals surface area contributed by atoms with Crippen molar-refractivity contribution < 1.29 is 0 Å². The third-order valence-electron chi connectivity index (χ3n) is 5.68. The first-order valence-corrected chi connectivity index (χ1v) is 11.5. The Balaban J connectivity index is 0.00000306. The zero-order valence-corrected chi connectivity index (χ0v) is 22.0. The van der Waals surface area contributed by atoms with Crippen LogP contribution in [0.2, 0.25) is 0 Å². The van der Waals surface area contributed by atoms with E-state index in [1.165, 1.54) is 18.4 Å². The Morgan fingerprint density at radius 2 is 1.85 bits per heavy atom. The number of halogens is 1. The number of nitrogens with one attached hydrogen (secondary N) is 2. The molecule has 0 unspecified atom stereocenters. The molecule has 3 heterocycles. The van der Waals surface area contributed by atoms with Crippen molar-refractivity contribution in [2.75, 3.05) is 24.5 Å². The van der Waals surface area contributed by atoms with Crippen LogP contribution in [0.25, 0.3) is 5.69 Å². The molecule has 1 aliphatic heterocycles. The maximum Gasteiger partial charge on any atom is 0.191 e. The molecule has 1 fully saturated rings. The highest BCUT2D eigenvalue weighted by atomic mass is 127. The second kappa shape index (κ2) is 12.0. The topological polar surface area (TPSA) is 70.4 Å². The fourth-order valence-corrected chi connectivity index (χ4v) is 4.07. The molecule has 33 heavy (non-hydrogen) atoms. The average Bonchev–Trinajstić information content (AvgIpc) is 3.46. The molecule has 0 radical (unpaired) electrons. The maximum absolute atomic E-state index is 4.77. The fourth-order valence-electron chi connectivity index (χ4n) is 4.07. The molecule has 0 aliphatic carbocycles. The van der Waals surface area contributed by atoms with E-state index in [2.05, 4.69) is 75.9 Å². The number of nitrogens with zero attached hydrogens (tertiary/aromatic N) is 5. The van der Waals surface area contributed by atoms with Crippen LogP contribution < -0.4 is 15.5 Å². The zero-order valence-electron chi connectivity index (χ0n) is 19.7. The normalized spacial score (nSPS) is 13.7. The van der Waals surface area contributed by atoms with Gasteiger partial charge in [0.15, 0.2) is 5.96 Å². The van der Waals surface area contributed by atoms with E-state index in [0.717, 1.165) is 54.1 Å². The van der Waals surface area contributed by atoms with Crippen LogP contribution in [-0.4, -0.2) is 40.4 Å². The van der Waals surface area contributed by atoms with Crippen molar-refractivity contribution in [3.63, 3.8) is 0 Å². The second-order valence-corrected chi connectivity index (χ2v) is 8.24. The Hall–Kier alpha value is -2.62. The quantitative estimate of drug-likeness (QED) is 0.256. The van der Waals surface area contributed by atoms with Crippen LogP contribution in [0.4, 0.5) is 5.82 Å². The number of aryl methyl sites for hydroxylation is 2. The minimum absolute atomic E-state index is 0. The van der Waals surface area contributed by atoms with Crippen molar-refractivity contribution >= 4 is 35.8 Å². The van der Waals surface area contributed by atoms with Crippen molar-refractivity contribution in [1.82, 2.24) is 25.4 Å². The maximum atomic E-state index is 4.77. The monoisotopic (exact) mass is 559 g/mol. The summed E-state index contributed by atoms with van der Waals surface area (Å²) in [5.74, 6) is 1.86. The lowest BCUT2D eigenvalue weighted by Gasteiger charge is -2.16. The molecule has 2 aromatic heterocycles. The average molecular weight is 560 g/mol. The zero-order chi connectivity index (χ0) is 22.3. The number of hydrogen-bond donors (Lipinski definition) is 2. The predicted molar refractivity (Wildman–Crippen MR) is 146 cm³/mol. The summed E-state index contributed by atoms with van der Waals surface area (Å²) in [4.78, 5) is 11.8. The van der Waals surface area contributed by atoms with Crippen molar-refractivity contribution in [2.24, 2.45) is 4.99 Å². The Labute approximate surface area is 213 Å². The van der Waals surface area contributed by atoms with Gasteiger partial charge in [0.05, 0.1) is 17.9 Å². The van der Waals surface area contributed by atoms with Gasteiger partial charge in [-0.05, 0) is 62.9 Å². The lowest BCUT2D eigenvalue weighted by molar-refractivity contribution is 0.783.